The van der Waals surface area contributed by atoms with Crippen molar-refractivity contribution in [3.8, 4) is 11.5 Å². The van der Waals surface area contributed by atoms with Gasteiger partial charge < -0.3 is 9.47 Å². The van der Waals surface area contributed by atoms with Crippen LogP contribution in [0.15, 0.2) is 12.1 Å². The van der Waals surface area contributed by atoms with E-state index >= 15 is 0 Å². The van der Waals surface area contributed by atoms with Crippen LogP contribution in [0.1, 0.15) is 23.0 Å². The first kappa shape index (κ1) is 32.1. The highest BCUT2D eigenvalue weighted by atomic mass is 35.6. The third kappa shape index (κ3) is 2.84. The zero-order chi connectivity index (χ0) is 29.5. The summed E-state index contributed by atoms with van der Waals surface area (Å²) in [5.74, 6) is -4.15. The van der Waals surface area contributed by atoms with Crippen LogP contribution in [0.3, 0.4) is 0 Å². The number of alkyl halides is 15. The smallest absolute Gasteiger partial charge is 0.175 e. The third-order valence-electron chi connectivity index (χ3n) is 9.48. The second-order valence-corrected chi connectivity index (χ2v) is 20.4. The highest BCUT2D eigenvalue weighted by Crippen LogP contribution is 2.93. The van der Waals surface area contributed by atoms with E-state index in [1.54, 1.807) is 12.1 Å². The molecule has 5 aliphatic rings. The van der Waals surface area contributed by atoms with Crippen molar-refractivity contribution in [1.29, 1.82) is 0 Å². The van der Waals surface area contributed by atoms with Gasteiger partial charge in [0.25, 0.3) is 0 Å². The van der Waals surface area contributed by atoms with E-state index in [9.17, 15) is 0 Å². The lowest BCUT2D eigenvalue weighted by atomic mass is 9.54. The molecule has 1 aromatic rings. The van der Waals surface area contributed by atoms with Crippen LogP contribution in [0.2, 0.25) is 0 Å². The first-order valence-corrected chi connectivity index (χ1v) is 16.7. The molecule has 4 fully saturated rings. The molecule has 0 unspecified atom stereocenters. The number of hydrogen-bond donors (Lipinski definition) is 0. The Bertz CT molecular complexity index is 1310. The Morgan fingerprint density at radius 1 is 0.513 bits per heavy atom. The van der Waals surface area contributed by atoms with Gasteiger partial charge >= 0.3 is 0 Å². The van der Waals surface area contributed by atoms with Crippen LogP contribution in [0, 0.1) is 17.8 Å². The molecule has 0 amide bonds. The van der Waals surface area contributed by atoms with Crippen molar-refractivity contribution in [1.82, 2.24) is 0 Å². The summed E-state index contributed by atoms with van der Waals surface area (Å²) in [5, 5.41) is 0. The Balaban J connectivity index is 1.79. The molecule has 2 nitrogen and oxygen atoms in total. The Kier molecular flexibility index (Phi) is 7.04. The highest BCUT2D eigenvalue weighted by molar-refractivity contribution is 6.75. The van der Waals surface area contributed by atoms with E-state index in [4.69, 9.17) is 183 Å². The van der Waals surface area contributed by atoms with E-state index in [-0.39, 0.29) is 0 Å². The number of benzene rings is 1. The number of halogens is 15. The lowest BCUT2D eigenvalue weighted by molar-refractivity contribution is 0.108. The monoisotopic (exact) mass is 834 g/mol. The van der Waals surface area contributed by atoms with E-state index < -0.39 is 70.2 Å². The molecule has 0 heterocycles. The minimum absolute atomic E-state index is 0.328. The largest absolute Gasteiger partial charge is 0.493 e. The summed E-state index contributed by atoms with van der Waals surface area (Å²) >= 11 is 106. The van der Waals surface area contributed by atoms with Crippen molar-refractivity contribution < 1.29 is 9.47 Å². The molecule has 1 aromatic carbocycles. The standard InChI is InChI=1S/C22H13Cl15O2/c1-38-7-3-5-6(4-8(7)39-2)11-12(16(25)19(30,31)15(11,24)21(34,35)22(16,36)37)9-10(5)14(23)17(26,27)13(9)18(28,29)20(14,32)33/h3-4,9-13H,1-2H3/t9-,10-,11+,12-,13+,14+,15-,16-/m0/s1. The van der Waals surface area contributed by atoms with E-state index in [1.165, 1.54) is 14.2 Å². The lowest BCUT2D eigenvalue weighted by Gasteiger charge is -2.60. The fourth-order valence-electron chi connectivity index (χ4n) is 8.03. The lowest BCUT2D eigenvalue weighted by Crippen LogP contribution is -2.67. The maximum atomic E-state index is 7.41. The molecule has 8 atom stereocenters. The van der Waals surface area contributed by atoms with Gasteiger partial charge in [-0.3, -0.25) is 0 Å². The maximum absolute atomic E-state index is 7.41. The summed E-state index contributed by atoms with van der Waals surface area (Å²) in [6, 6.07) is 3.35. The molecule has 4 bridgehead atoms. The Morgan fingerprint density at radius 2 is 0.949 bits per heavy atom. The molecule has 39 heavy (non-hydrogen) atoms. The Hall–Kier alpha value is 3.17. The highest BCUT2D eigenvalue weighted by Gasteiger charge is 3.00. The molecule has 0 aliphatic heterocycles. The molecule has 6 rings (SSSR count). The van der Waals surface area contributed by atoms with Crippen LogP contribution < -0.4 is 9.47 Å². The van der Waals surface area contributed by atoms with Crippen molar-refractivity contribution in [2.24, 2.45) is 17.8 Å². The first-order valence-electron chi connectivity index (χ1n) is 11.1. The van der Waals surface area contributed by atoms with Gasteiger partial charge in [-0.15, -0.1) is 34.8 Å². The second-order valence-electron chi connectivity index (χ2n) is 10.6. The van der Waals surface area contributed by atoms with Crippen molar-refractivity contribution in [3.63, 3.8) is 0 Å². The number of fused-ring (bicyclic) bond motifs is 14. The summed E-state index contributed by atoms with van der Waals surface area (Å²) in [6.07, 6.45) is 0. The van der Waals surface area contributed by atoms with Crippen LogP contribution in [-0.4, -0.2) is 54.8 Å². The van der Waals surface area contributed by atoms with Crippen molar-refractivity contribution in [2.45, 2.75) is 52.5 Å². The van der Waals surface area contributed by atoms with Crippen molar-refractivity contribution >= 4 is 174 Å². The van der Waals surface area contributed by atoms with Gasteiger partial charge in [0.2, 0.25) is 0 Å². The number of ether oxygens (including phenoxy) is 2. The molecule has 0 saturated heterocycles. The number of rotatable bonds is 2. The fourth-order valence-corrected chi connectivity index (χ4v) is 16.3. The van der Waals surface area contributed by atoms with Crippen LogP contribution >= 0.6 is 174 Å². The van der Waals surface area contributed by atoms with Gasteiger partial charge in [-0.05, 0) is 35.1 Å². The zero-order valence-corrected chi connectivity index (χ0v) is 30.4. The molecule has 17 heteroatoms. The van der Waals surface area contributed by atoms with Crippen molar-refractivity contribution in [2.75, 3.05) is 14.2 Å². The SMILES string of the molecule is COc1cc2c(cc1OC)[C@H]1[C@@H]([C@H]3[C@@H]2[C@@]2(Cl)C(Cl)(Cl)C(Cl)(Cl)[C@@]3(Cl)C2(Cl)Cl)[C@H]2C(Cl)(Cl)C(Cl)(Cl)[C@]1(Cl)C2(Cl)Cl. The summed E-state index contributed by atoms with van der Waals surface area (Å²) < 4.78 is -1.48. The minimum atomic E-state index is -2.24. The maximum Gasteiger partial charge on any atom is 0.175 e. The summed E-state index contributed by atoms with van der Waals surface area (Å²) in [7, 11) is 2.92. The van der Waals surface area contributed by atoms with Crippen LogP contribution in [0.5, 0.6) is 11.5 Å². The summed E-state index contributed by atoms with van der Waals surface area (Å²) in [4.78, 5) is -5.98. The summed E-state index contributed by atoms with van der Waals surface area (Å²) in [5.41, 5.74) is 1.01. The molecule has 0 N–H and O–H groups in total. The van der Waals surface area contributed by atoms with E-state index in [0.717, 1.165) is 0 Å². The minimum Gasteiger partial charge on any atom is -0.493 e. The van der Waals surface area contributed by atoms with E-state index in [2.05, 4.69) is 0 Å². The molecular weight excluding hydrogens is 828 g/mol. The van der Waals surface area contributed by atoms with E-state index in [1.807, 2.05) is 0 Å². The van der Waals surface area contributed by atoms with Crippen LogP contribution in [0.4, 0.5) is 0 Å². The van der Waals surface area contributed by atoms with Gasteiger partial charge in [0.1, 0.15) is 19.0 Å². The van der Waals surface area contributed by atoms with E-state index in [0.29, 0.717) is 22.6 Å². The number of hydrogen-bond acceptors (Lipinski definition) is 2. The Morgan fingerprint density at radius 3 is 1.41 bits per heavy atom. The van der Waals surface area contributed by atoms with Gasteiger partial charge in [-0.1, -0.05) is 139 Å². The molecule has 218 valence electrons. The van der Waals surface area contributed by atoms with Gasteiger partial charge in [-0.2, -0.15) is 0 Å². The molecule has 0 radical (unpaired) electrons. The predicted octanol–water partition coefficient (Wildman–Crippen LogP) is 10.8. The van der Waals surface area contributed by atoms with Crippen LogP contribution in [0.25, 0.3) is 0 Å². The quantitative estimate of drug-likeness (QED) is 0.276. The van der Waals surface area contributed by atoms with Gasteiger partial charge in [0.15, 0.2) is 33.2 Å². The molecule has 0 spiro atoms. The van der Waals surface area contributed by atoms with Gasteiger partial charge in [-0.25, -0.2) is 0 Å². The topological polar surface area (TPSA) is 18.5 Å². The molecule has 4 saturated carbocycles. The molecular formula is C22H13Cl15O2. The van der Waals surface area contributed by atoms with Gasteiger partial charge in [0, 0.05) is 17.8 Å². The van der Waals surface area contributed by atoms with Gasteiger partial charge in [0.05, 0.1) is 14.2 Å². The predicted molar refractivity (Wildman–Crippen MR) is 168 cm³/mol. The number of methoxy groups -OCH3 is 2. The molecule has 5 aliphatic carbocycles. The first-order chi connectivity index (χ1) is 17.5. The molecule has 0 aromatic heterocycles. The second kappa shape index (κ2) is 8.55. The fraction of sp³-hybridized carbons (Fsp3) is 0.727. The average molecular weight is 841 g/mol. The zero-order valence-electron chi connectivity index (χ0n) is 19.0. The Labute approximate surface area is 299 Å². The summed E-state index contributed by atoms with van der Waals surface area (Å²) in [6.45, 7) is 0. The average Bonchev–Trinajstić information content (AvgIpc) is 3.17. The van der Waals surface area contributed by atoms with Crippen LogP contribution in [-0.2, 0) is 0 Å². The normalized spacial score (nSPS) is 47.4. The third-order valence-corrected chi connectivity index (χ3v) is 20.7. The van der Waals surface area contributed by atoms with Crippen molar-refractivity contribution in [3.05, 3.63) is 23.3 Å².